The van der Waals surface area contributed by atoms with E-state index in [0.717, 1.165) is 19.4 Å². The SMILES string of the molecule is Cc1ccccc1C1CCCN1C(=O)CNC(=O)c1ccccc1. The molecule has 1 aliphatic heterocycles. The lowest BCUT2D eigenvalue weighted by atomic mass is 9.99. The summed E-state index contributed by atoms with van der Waals surface area (Å²) in [6.45, 7) is 2.86. The van der Waals surface area contributed by atoms with E-state index in [2.05, 4.69) is 24.4 Å². The van der Waals surface area contributed by atoms with Gasteiger partial charge in [-0.1, -0.05) is 42.5 Å². The molecule has 2 aromatic carbocycles. The molecule has 0 aliphatic carbocycles. The highest BCUT2D eigenvalue weighted by molar-refractivity contribution is 5.96. The fraction of sp³-hybridized carbons (Fsp3) is 0.300. The number of benzene rings is 2. The van der Waals surface area contributed by atoms with Crippen LogP contribution in [0.25, 0.3) is 0 Å². The van der Waals surface area contributed by atoms with Gasteiger partial charge in [0.2, 0.25) is 5.91 Å². The van der Waals surface area contributed by atoms with Crippen LogP contribution >= 0.6 is 0 Å². The molecule has 3 rings (SSSR count). The van der Waals surface area contributed by atoms with Gasteiger partial charge < -0.3 is 10.2 Å². The predicted octanol–water partition coefficient (Wildman–Crippen LogP) is 3.09. The normalized spacial score (nSPS) is 16.9. The van der Waals surface area contributed by atoms with E-state index in [1.807, 2.05) is 35.2 Å². The molecular formula is C20H22N2O2. The number of nitrogens with one attached hydrogen (secondary N) is 1. The van der Waals surface area contributed by atoms with Crippen molar-refractivity contribution in [3.8, 4) is 0 Å². The van der Waals surface area contributed by atoms with Crippen LogP contribution in [0.1, 0.15) is 40.4 Å². The van der Waals surface area contributed by atoms with Crippen LogP contribution in [-0.4, -0.2) is 29.8 Å². The van der Waals surface area contributed by atoms with E-state index >= 15 is 0 Å². The van der Waals surface area contributed by atoms with E-state index in [1.165, 1.54) is 11.1 Å². The molecule has 0 bridgehead atoms. The number of nitrogens with zero attached hydrogens (tertiary/aromatic N) is 1. The average Bonchev–Trinajstić information content (AvgIpc) is 3.10. The zero-order valence-corrected chi connectivity index (χ0v) is 13.9. The largest absolute Gasteiger partial charge is 0.343 e. The van der Waals surface area contributed by atoms with Crippen LogP contribution in [0.3, 0.4) is 0 Å². The minimum absolute atomic E-state index is 0.0231. The quantitative estimate of drug-likeness (QED) is 0.940. The Balaban J connectivity index is 1.64. The number of carbonyl (C=O) groups excluding carboxylic acids is 2. The summed E-state index contributed by atoms with van der Waals surface area (Å²) in [7, 11) is 0. The lowest BCUT2D eigenvalue weighted by molar-refractivity contribution is -0.131. The number of hydrogen-bond donors (Lipinski definition) is 1. The van der Waals surface area contributed by atoms with Crippen LogP contribution in [-0.2, 0) is 4.79 Å². The molecule has 0 saturated carbocycles. The molecule has 0 spiro atoms. The molecule has 1 N–H and O–H groups in total. The minimum Gasteiger partial charge on any atom is -0.343 e. The average molecular weight is 322 g/mol. The highest BCUT2D eigenvalue weighted by Gasteiger charge is 2.30. The van der Waals surface area contributed by atoms with Crippen molar-refractivity contribution in [2.24, 2.45) is 0 Å². The first-order valence-electron chi connectivity index (χ1n) is 8.35. The maximum atomic E-state index is 12.6. The van der Waals surface area contributed by atoms with Crippen LogP contribution in [0.15, 0.2) is 54.6 Å². The van der Waals surface area contributed by atoms with Gasteiger partial charge in [0.1, 0.15) is 0 Å². The third-order valence-corrected chi connectivity index (χ3v) is 4.56. The van der Waals surface area contributed by atoms with E-state index < -0.39 is 0 Å². The zero-order valence-electron chi connectivity index (χ0n) is 13.9. The fourth-order valence-electron chi connectivity index (χ4n) is 3.30. The Bertz CT molecular complexity index is 727. The Labute approximate surface area is 142 Å². The van der Waals surface area contributed by atoms with Crippen molar-refractivity contribution in [3.63, 3.8) is 0 Å². The van der Waals surface area contributed by atoms with Gasteiger partial charge in [-0.15, -0.1) is 0 Å². The molecule has 1 unspecified atom stereocenters. The lowest BCUT2D eigenvalue weighted by Gasteiger charge is -2.26. The van der Waals surface area contributed by atoms with Gasteiger partial charge in [-0.3, -0.25) is 9.59 Å². The second kappa shape index (κ2) is 7.30. The lowest BCUT2D eigenvalue weighted by Crippen LogP contribution is -2.40. The Morgan fingerprint density at radius 2 is 1.79 bits per heavy atom. The Kier molecular flexibility index (Phi) is 4.94. The number of hydrogen-bond acceptors (Lipinski definition) is 2. The predicted molar refractivity (Wildman–Crippen MR) is 93.6 cm³/mol. The molecule has 1 aliphatic rings. The van der Waals surface area contributed by atoms with Gasteiger partial charge in [-0.25, -0.2) is 0 Å². The summed E-state index contributed by atoms with van der Waals surface area (Å²) in [5.41, 5.74) is 2.98. The number of rotatable bonds is 4. The summed E-state index contributed by atoms with van der Waals surface area (Å²) in [5, 5.41) is 2.73. The second-order valence-electron chi connectivity index (χ2n) is 6.15. The highest BCUT2D eigenvalue weighted by Crippen LogP contribution is 2.33. The van der Waals surface area contributed by atoms with Crippen LogP contribution in [0, 0.1) is 6.92 Å². The van der Waals surface area contributed by atoms with Crippen LogP contribution < -0.4 is 5.32 Å². The summed E-state index contributed by atoms with van der Waals surface area (Å²) >= 11 is 0. The fourth-order valence-corrected chi connectivity index (χ4v) is 3.30. The van der Waals surface area contributed by atoms with Gasteiger partial charge in [0.25, 0.3) is 5.91 Å². The third-order valence-electron chi connectivity index (χ3n) is 4.56. The van der Waals surface area contributed by atoms with Gasteiger partial charge in [0.15, 0.2) is 0 Å². The van der Waals surface area contributed by atoms with E-state index in [-0.39, 0.29) is 24.4 Å². The summed E-state index contributed by atoms with van der Waals surface area (Å²) in [6, 6.07) is 17.3. The molecule has 1 fully saturated rings. The molecule has 0 aromatic heterocycles. The highest BCUT2D eigenvalue weighted by atomic mass is 16.2. The molecule has 1 atom stereocenters. The van der Waals surface area contributed by atoms with Gasteiger partial charge in [0.05, 0.1) is 12.6 Å². The second-order valence-corrected chi connectivity index (χ2v) is 6.15. The summed E-state index contributed by atoms with van der Waals surface area (Å²) in [6.07, 6.45) is 1.97. The van der Waals surface area contributed by atoms with Crippen LogP contribution in [0.5, 0.6) is 0 Å². The summed E-state index contributed by atoms with van der Waals surface area (Å²) < 4.78 is 0. The van der Waals surface area contributed by atoms with Crippen molar-refractivity contribution in [2.45, 2.75) is 25.8 Å². The molecule has 124 valence electrons. The van der Waals surface area contributed by atoms with Gasteiger partial charge >= 0.3 is 0 Å². The third kappa shape index (κ3) is 3.48. The number of likely N-dealkylation sites (tertiary alicyclic amines) is 1. The van der Waals surface area contributed by atoms with Crippen molar-refractivity contribution >= 4 is 11.8 Å². The van der Waals surface area contributed by atoms with Gasteiger partial charge in [-0.2, -0.15) is 0 Å². The standard InChI is InChI=1S/C20H22N2O2/c1-15-8-5-6-11-17(15)18-12-7-13-22(18)19(23)14-21-20(24)16-9-3-2-4-10-16/h2-6,8-11,18H,7,12-14H2,1H3,(H,21,24). The minimum atomic E-state index is -0.212. The molecule has 2 amide bonds. The van der Waals surface area contributed by atoms with E-state index in [4.69, 9.17) is 0 Å². The van der Waals surface area contributed by atoms with E-state index in [0.29, 0.717) is 5.56 Å². The Hall–Kier alpha value is -2.62. The number of aryl methyl sites for hydroxylation is 1. The van der Waals surface area contributed by atoms with Crippen molar-refractivity contribution < 1.29 is 9.59 Å². The molecule has 0 radical (unpaired) electrons. The van der Waals surface area contributed by atoms with Gasteiger partial charge in [0, 0.05) is 12.1 Å². The number of carbonyl (C=O) groups is 2. The first kappa shape index (κ1) is 16.2. The van der Waals surface area contributed by atoms with Crippen LogP contribution in [0.2, 0.25) is 0 Å². The maximum absolute atomic E-state index is 12.6. The Morgan fingerprint density at radius 3 is 2.54 bits per heavy atom. The van der Waals surface area contributed by atoms with E-state index in [9.17, 15) is 9.59 Å². The van der Waals surface area contributed by atoms with E-state index in [1.54, 1.807) is 12.1 Å². The zero-order chi connectivity index (χ0) is 16.9. The smallest absolute Gasteiger partial charge is 0.251 e. The molecule has 4 nitrogen and oxygen atoms in total. The topological polar surface area (TPSA) is 49.4 Å². The number of amides is 2. The molecule has 1 heterocycles. The van der Waals surface area contributed by atoms with Gasteiger partial charge in [-0.05, 0) is 43.0 Å². The first-order chi connectivity index (χ1) is 11.7. The van der Waals surface area contributed by atoms with Crippen molar-refractivity contribution in [1.29, 1.82) is 0 Å². The molecule has 24 heavy (non-hydrogen) atoms. The molecular weight excluding hydrogens is 300 g/mol. The molecule has 2 aromatic rings. The van der Waals surface area contributed by atoms with Crippen molar-refractivity contribution in [3.05, 3.63) is 71.3 Å². The first-order valence-corrected chi connectivity index (χ1v) is 8.35. The van der Waals surface area contributed by atoms with Crippen molar-refractivity contribution in [2.75, 3.05) is 13.1 Å². The molecule has 4 heteroatoms. The van der Waals surface area contributed by atoms with Crippen LogP contribution in [0.4, 0.5) is 0 Å². The summed E-state index contributed by atoms with van der Waals surface area (Å²) in [4.78, 5) is 26.6. The van der Waals surface area contributed by atoms with Crippen molar-refractivity contribution in [1.82, 2.24) is 10.2 Å². The maximum Gasteiger partial charge on any atom is 0.251 e. The monoisotopic (exact) mass is 322 g/mol. The summed E-state index contributed by atoms with van der Waals surface area (Å²) in [5.74, 6) is -0.236. The molecule has 1 saturated heterocycles. The Morgan fingerprint density at radius 1 is 1.08 bits per heavy atom.